The van der Waals surface area contributed by atoms with Gasteiger partial charge in [0.25, 0.3) is 0 Å². The monoisotopic (exact) mass is 529 g/mol. The number of hydrogen-bond donors (Lipinski definition) is 1. The maximum Gasteiger partial charge on any atom is 0.219 e. The zero-order chi connectivity index (χ0) is 28.5. The van der Waals surface area contributed by atoms with Crippen LogP contribution in [0.25, 0.3) is 33.9 Å². The van der Waals surface area contributed by atoms with E-state index in [0.717, 1.165) is 22.5 Å². The molecule has 0 saturated carbocycles. The van der Waals surface area contributed by atoms with Gasteiger partial charge in [-0.1, -0.05) is 77.9 Å². The van der Waals surface area contributed by atoms with Crippen molar-refractivity contribution in [2.45, 2.75) is 52.4 Å². The molecule has 202 valence electrons. The Balaban J connectivity index is 1.69. The van der Waals surface area contributed by atoms with Gasteiger partial charge in [-0.2, -0.15) is 0 Å². The number of phenols is 1. The molecule has 0 amide bonds. The molecule has 2 aromatic heterocycles. The van der Waals surface area contributed by atoms with Crippen molar-refractivity contribution < 1.29 is 9.84 Å². The number of hydrogen-bond acceptors (Lipinski definition) is 5. The fourth-order valence-electron chi connectivity index (χ4n) is 4.41. The molecule has 0 aliphatic carbocycles. The predicted octanol–water partition coefficient (Wildman–Crippen LogP) is 8.97. The summed E-state index contributed by atoms with van der Waals surface area (Å²) in [6.45, 7) is 13.4. The van der Waals surface area contributed by atoms with E-state index in [9.17, 15) is 5.11 Å². The Kier molecular flexibility index (Phi) is 7.16. The minimum absolute atomic E-state index is 0.0382. The smallest absolute Gasteiger partial charge is 0.219 e. The second kappa shape index (κ2) is 10.6. The van der Waals surface area contributed by atoms with Gasteiger partial charge in [0.1, 0.15) is 11.5 Å². The Morgan fingerprint density at radius 2 is 1.27 bits per heavy atom. The van der Waals surface area contributed by atoms with Crippen molar-refractivity contribution in [3.05, 3.63) is 108 Å². The number of phenolic OH excluding ortho intramolecular Hbond substituents is 1. The van der Waals surface area contributed by atoms with Crippen LogP contribution >= 0.6 is 0 Å². The van der Waals surface area contributed by atoms with Crippen LogP contribution in [0.1, 0.15) is 52.7 Å². The molecule has 0 aliphatic rings. The highest BCUT2D eigenvalue weighted by atomic mass is 16.5. The van der Waals surface area contributed by atoms with Crippen molar-refractivity contribution in [3.8, 4) is 51.3 Å². The first-order valence-corrected chi connectivity index (χ1v) is 13.5. The topological polar surface area (TPSA) is 68.1 Å². The molecule has 5 nitrogen and oxygen atoms in total. The number of ether oxygens (including phenoxy) is 1. The fraction of sp³-hybridized carbons (Fsp3) is 0.229. The summed E-state index contributed by atoms with van der Waals surface area (Å²) >= 11 is 0. The van der Waals surface area contributed by atoms with Crippen LogP contribution in [0.5, 0.6) is 17.4 Å². The van der Waals surface area contributed by atoms with E-state index in [0.29, 0.717) is 23.0 Å². The number of rotatable bonds is 5. The van der Waals surface area contributed by atoms with Gasteiger partial charge in [0.15, 0.2) is 5.82 Å². The van der Waals surface area contributed by atoms with E-state index in [4.69, 9.17) is 14.7 Å². The van der Waals surface area contributed by atoms with Crippen molar-refractivity contribution in [3.63, 3.8) is 0 Å². The molecule has 5 rings (SSSR count). The molecule has 3 aromatic carbocycles. The Hall–Kier alpha value is -4.51. The van der Waals surface area contributed by atoms with E-state index in [1.165, 1.54) is 11.1 Å². The highest BCUT2D eigenvalue weighted by Gasteiger charge is 2.22. The average molecular weight is 530 g/mol. The van der Waals surface area contributed by atoms with Crippen molar-refractivity contribution in [1.82, 2.24) is 15.0 Å². The van der Waals surface area contributed by atoms with Crippen molar-refractivity contribution >= 4 is 0 Å². The van der Waals surface area contributed by atoms with Gasteiger partial charge in [0.05, 0.1) is 17.0 Å². The second-order valence-corrected chi connectivity index (χ2v) is 12.1. The van der Waals surface area contributed by atoms with Crippen LogP contribution in [0.15, 0.2) is 97.2 Å². The van der Waals surface area contributed by atoms with E-state index >= 15 is 0 Å². The normalized spacial score (nSPS) is 11.8. The largest absolute Gasteiger partial charge is 0.507 e. The van der Waals surface area contributed by atoms with Gasteiger partial charge in [0.2, 0.25) is 5.88 Å². The summed E-state index contributed by atoms with van der Waals surface area (Å²) in [4.78, 5) is 14.2. The molecule has 0 spiro atoms. The van der Waals surface area contributed by atoms with Gasteiger partial charge in [0, 0.05) is 23.4 Å². The summed E-state index contributed by atoms with van der Waals surface area (Å²) in [6, 6.07) is 29.3. The number of aromatic nitrogens is 3. The quantitative estimate of drug-likeness (QED) is 0.246. The Morgan fingerprint density at radius 3 is 1.90 bits per heavy atom. The third-order valence-electron chi connectivity index (χ3n) is 6.82. The molecule has 0 aliphatic heterocycles. The zero-order valence-electron chi connectivity index (χ0n) is 23.9. The molecular weight excluding hydrogens is 494 g/mol. The molecule has 40 heavy (non-hydrogen) atoms. The van der Waals surface area contributed by atoms with Crippen LogP contribution in [0.4, 0.5) is 0 Å². The van der Waals surface area contributed by atoms with Crippen LogP contribution in [0.3, 0.4) is 0 Å². The summed E-state index contributed by atoms with van der Waals surface area (Å²) in [6.07, 6.45) is 1.70. The molecule has 0 radical (unpaired) electrons. The third-order valence-corrected chi connectivity index (χ3v) is 6.82. The number of benzene rings is 3. The van der Waals surface area contributed by atoms with Crippen LogP contribution in [0, 0.1) is 0 Å². The Bertz CT molecular complexity index is 1620. The first-order valence-electron chi connectivity index (χ1n) is 13.5. The molecule has 0 unspecified atom stereocenters. The first kappa shape index (κ1) is 27.1. The minimum Gasteiger partial charge on any atom is -0.507 e. The van der Waals surface area contributed by atoms with Gasteiger partial charge in [-0.3, -0.25) is 0 Å². The van der Waals surface area contributed by atoms with E-state index < -0.39 is 0 Å². The second-order valence-electron chi connectivity index (χ2n) is 12.1. The molecule has 0 fully saturated rings. The lowest BCUT2D eigenvalue weighted by Gasteiger charge is -2.26. The standard InChI is InChI=1S/C35H35N3O2/c1-34(2,3)25-18-24(19-26(21-25)35(4,5)6)30-22-29(37-33(38-30)28-14-7-8-15-31(28)39)23-12-11-13-27(20-23)40-32-16-9-10-17-36-32/h7-22,39H,1-6H3. The van der Waals surface area contributed by atoms with Crippen molar-refractivity contribution in [2.75, 3.05) is 0 Å². The maximum absolute atomic E-state index is 10.7. The van der Waals surface area contributed by atoms with Gasteiger partial charge in [-0.25, -0.2) is 15.0 Å². The molecule has 0 saturated heterocycles. The molecule has 1 N–H and O–H groups in total. The van der Waals surface area contributed by atoms with E-state index in [-0.39, 0.29) is 16.6 Å². The minimum atomic E-state index is -0.0382. The van der Waals surface area contributed by atoms with Crippen molar-refractivity contribution in [2.24, 2.45) is 0 Å². The summed E-state index contributed by atoms with van der Waals surface area (Å²) in [7, 11) is 0. The van der Waals surface area contributed by atoms with Crippen LogP contribution < -0.4 is 4.74 Å². The average Bonchev–Trinajstić information content (AvgIpc) is 2.92. The van der Waals surface area contributed by atoms with Crippen LogP contribution in [0.2, 0.25) is 0 Å². The molecule has 0 atom stereocenters. The SMILES string of the molecule is CC(C)(C)c1cc(-c2cc(-c3cccc(Oc4ccccn4)c3)nc(-c3ccccc3O)n2)cc(C(C)(C)C)c1. The predicted molar refractivity (Wildman–Crippen MR) is 162 cm³/mol. The number of nitrogens with zero attached hydrogens (tertiary/aromatic N) is 3. The Morgan fingerprint density at radius 1 is 0.625 bits per heavy atom. The lowest BCUT2D eigenvalue weighted by Crippen LogP contribution is -2.16. The Labute approximate surface area is 236 Å². The summed E-state index contributed by atoms with van der Waals surface area (Å²) < 4.78 is 6.00. The summed E-state index contributed by atoms with van der Waals surface area (Å²) in [5.41, 5.74) is 6.39. The van der Waals surface area contributed by atoms with Crippen LogP contribution in [-0.4, -0.2) is 20.1 Å². The third kappa shape index (κ3) is 6.04. The highest BCUT2D eigenvalue weighted by Crippen LogP contribution is 2.36. The number of aromatic hydroxyl groups is 1. The van der Waals surface area contributed by atoms with Crippen molar-refractivity contribution in [1.29, 1.82) is 0 Å². The summed E-state index contributed by atoms with van der Waals surface area (Å²) in [5, 5.41) is 10.7. The van der Waals surface area contributed by atoms with Gasteiger partial charge >= 0.3 is 0 Å². The molecular formula is C35H35N3O2. The lowest BCUT2D eigenvalue weighted by molar-refractivity contribution is 0.463. The zero-order valence-corrected chi connectivity index (χ0v) is 23.9. The fourth-order valence-corrected chi connectivity index (χ4v) is 4.41. The van der Waals surface area contributed by atoms with E-state index in [1.807, 2.05) is 60.7 Å². The van der Waals surface area contributed by atoms with Gasteiger partial charge in [-0.05, 0) is 70.5 Å². The van der Waals surface area contributed by atoms with Gasteiger partial charge < -0.3 is 9.84 Å². The van der Waals surface area contributed by atoms with Gasteiger partial charge in [-0.15, -0.1) is 0 Å². The summed E-state index contributed by atoms with van der Waals surface area (Å²) in [5.74, 6) is 1.77. The number of para-hydroxylation sites is 1. The molecule has 0 bridgehead atoms. The molecule has 2 heterocycles. The first-order chi connectivity index (χ1) is 19.0. The highest BCUT2D eigenvalue weighted by molar-refractivity contribution is 5.74. The van der Waals surface area contributed by atoms with Crippen LogP contribution in [-0.2, 0) is 10.8 Å². The lowest BCUT2D eigenvalue weighted by atomic mass is 9.79. The maximum atomic E-state index is 10.7. The molecule has 5 heteroatoms. The van der Waals surface area contributed by atoms with E-state index in [1.54, 1.807) is 18.3 Å². The number of pyridine rings is 1. The van der Waals surface area contributed by atoms with E-state index in [2.05, 4.69) is 64.7 Å². The molecule has 5 aromatic rings.